The van der Waals surface area contributed by atoms with Crippen molar-refractivity contribution in [3.63, 3.8) is 0 Å². The molecule has 2 aromatic carbocycles. The Labute approximate surface area is 185 Å². The van der Waals surface area contributed by atoms with Gasteiger partial charge in [-0.15, -0.1) is 6.58 Å². The summed E-state index contributed by atoms with van der Waals surface area (Å²) >= 11 is 0. The van der Waals surface area contributed by atoms with Crippen LogP contribution in [-0.4, -0.2) is 6.61 Å². The van der Waals surface area contributed by atoms with Gasteiger partial charge in [0.25, 0.3) is 0 Å². The smallest absolute Gasteiger partial charge is 0.200 e. The first-order valence-electron chi connectivity index (χ1n) is 11.6. The van der Waals surface area contributed by atoms with Crippen LogP contribution in [0.3, 0.4) is 0 Å². The van der Waals surface area contributed by atoms with Gasteiger partial charge in [0.2, 0.25) is 5.82 Å². The maximum absolute atomic E-state index is 14.5. The molecular formula is C28H34F2O. The van der Waals surface area contributed by atoms with E-state index in [9.17, 15) is 8.78 Å². The Bertz CT molecular complexity index is 861. The topological polar surface area (TPSA) is 9.23 Å². The average molecular weight is 425 g/mol. The predicted molar refractivity (Wildman–Crippen MR) is 125 cm³/mol. The van der Waals surface area contributed by atoms with Gasteiger partial charge in [-0.1, -0.05) is 48.6 Å². The maximum Gasteiger partial charge on any atom is 0.200 e. The number of ether oxygens (including phenoxy) is 1. The van der Waals surface area contributed by atoms with Crippen molar-refractivity contribution in [1.29, 1.82) is 0 Å². The Morgan fingerprint density at radius 1 is 0.903 bits per heavy atom. The molecule has 0 unspecified atom stereocenters. The van der Waals surface area contributed by atoms with Gasteiger partial charge in [0.15, 0.2) is 11.6 Å². The van der Waals surface area contributed by atoms with Crippen LogP contribution in [0.4, 0.5) is 8.78 Å². The molecule has 1 saturated carbocycles. The lowest BCUT2D eigenvalue weighted by atomic mass is 9.78. The molecule has 0 aromatic heterocycles. The lowest BCUT2D eigenvalue weighted by Crippen LogP contribution is -2.14. The van der Waals surface area contributed by atoms with Crippen LogP contribution in [0.1, 0.15) is 68.1 Å². The first kappa shape index (κ1) is 23.2. The fourth-order valence-electron chi connectivity index (χ4n) is 4.43. The normalized spacial score (nSPS) is 18.9. The second-order valence-corrected chi connectivity index (χ2v) is 8.44. The number of allylic oxidation sites excluding steroid dienone is 3. The fraction of sp³-hybridized carbons (Fsp3) is 0.429. The van der Waals surface area contributed by atoms with Gasteiger partial charge >= 0.3 is 0 Å². The predicted octanol–water partition coefficient (Wildman–Crippen LogP) is 7.94. The van der Waals surface area contributed by atoms with Crippen molar-refractivity contribution >= 4 is 0 Å². The zero-order valence-electron chi connectivity index (χ0n) is 18.6. The van der Waals surface area contributed by atoms with Crippen LogP contribution in [0.25, 0.3) is 0 Å². The van der Waals surface area contributed by atoms with Gasteiger partial charge in [0.05, 0.1) is 6.61 Å². The first-order chi connectivity index (χ1) is 15.1. The second-order valence-electron chi connectivity index (χ2n) is 8.44. The van der Waals surface area contributed by atoms with Gasteiger partial charge in [-0.25, -0.2) is 4.39 Å². The van der Waals surface area contributed by atoms with Crippen molar-refractivity contribution in [1.82, 2.24) is 0 Å². The number of hydrogen-bond donors (Lipinski definition) is 0. The molecule has 0 radical (unpaired) electrons. The third-order valence-electron chi connectivity index (χ3n) is 6.26. The lowest BCUT2D eigenvalue weighted by Gasteiger charge is -2.27. The molecule has 1 fully saturated rings. The van der Waals surface area contributed by atoms with Crippen molar-refractivity contribution < 1.29 is 13.5 Å². The summed E-state index contributed by atoms with van der Waals surface area (Å²) in [5.41, 5.74) is 3.23. The van der Waals surface area contributed by atoms with Gasteiger partial charge < -0.3 is 4.74 Å². The number of hydrogen-bond acceptors (Lipinski definition) is 1. The van der Waals surface area contributed by atoms with Crippen LogP contribution in [0.15, 0.2) is 61.2 Å². The summed E-state index contributed by atoms with van der Waals surface area (Å²) in [6.07, 6.45) is 14.5. The Hall–Kier alpha value is -2.42. The Morgan fingerprint density at radius 2 is 1.55 bits per heavy atom. The summed E-state index contributed by atoms with van der Waals surface area (Å²) in [5.74, 6) is -0.954. The van der Waals surface area contributed by atoms with Crippen LogP contribution in [0.5, 0.6) is 5.75 Å². The summed E-state index contributed by atoms with van der Waals surface area (Å²) in [4.78, 5) is 0. The van der Waals surface area contributed by atoms with E-state index >= 15 is 0 Å². The summed E-state index contributed by atoms with van der Waals surface area (Å²) in [5, 5.41) is 0. The lowest BCUT2D eigenvalue weighted by molar-refractivity contribution is 0.310. The van der Waals surface area contributed by atoms with Crippen molar-refractivity contribution in [2.75, 3.05) is 6.61 Å². The molecule has 2 aromatic rings. The molecule has 0 saturated heterocycles. The van der Waals surface area contributed by atoms with E-state index in [1.165, 1.54) is 11.1 Å². The number of aryl methyl sites for hydroxylation is 2. The van der Waals surface area contributed by atoms with E-state index in [-0.39, 0.29) is 11.7 Å². The monoisotopic (exact) mass is 424 g/mol. The molecule has 0 heterocycles. The highest BCUT2D eigenvalue weighted by Gasteiger charge is 2.25. The summed E-state index contributed by atoms with van der Waals surface area (Å²) in [6, 6.07) is 12.1. The zero-order valence-corrected chi connectivity index (χ0v) is 18.6. The SMILES string of the molecule is C=CCCc1ccc(CC/C=C/C2CCC(c3ccc(OCC)c(F)c3F)CC2)cc1. The molecule has 0 bridgehead atoms. The highest BCUT2D eigenvalue weighted by molar-refractivity contribution is 5.33. The number of benzene rings is 2. The third kappa shape index (κ3) is 6.53. The van der Waals surface area contributed by atoms with Gasteiger partial charge in [-0.3, -0.25) is 0 Å². The molecule has 166 valence electrons. The molecule has 1 aliphatic carbocycles. The van der Waals surface area contributed by atoms with E-state index in [4.69, 9.17) is 4.74 Å². The molecule has 0 spiro atoms. The summed E-state index contributed by atoms with van der Waals surface area (Å²) < 4.78 is 33.8. The van der Waals surface area contributed by atoms with E-state index < -0.39 is 11.6 Å². The Morgan fingerprint density at radius 3 is 2.16 bits per heavy atom. The van der Waals surface area contributed by atoms with Gasteiger partial charge in [0.1, 0.15) is 0 Å². The fourth-order valence-corrected chi connectivity index (χ4v) is 4.43. The Kier molecular flexibility index (Phi) is 8.87. The van der Waals surface area contributed by atoms with E-state index in [2.05, 4.69) is 43.0 Å². The first-order valence-corrected chi connectivity index (χ1v) is 11.6. The Balaban J connectivity index is 1.44. The van der Waals surface area contributed by atoms with Crippen LogP contribution in [0, 0.1) is 17.6 Å². The zero-order chi connectivity index (χ0) is 22.1. The minimum absolute atomic E-state index is 0.00627. The van der Waals surface area contributed by atoms with Crippen LogP contribution in [-0.2, 0) is 12.8 Å². The molecule has 0 amide bonds. The van der Waals surface area contributed by atoms with Crippen LogP contribution in [0.2, 0.25) is 0 Å². The summed E-state index contributed by atoms with van der Waals surface area (Å²) in [7, 11) is 0. The van der Waals surface area contributed by atoms with Crippen LogP contribution < -0.4 is 4.74 Å². The van der Waals surface area contributed by atoms with E-state index in [1.807, 2.05) is 6.08 Å². The minimum atomic E-state index is -0.852. The van der Waals surface area contributed by atoms with Gasteiger partial charge in [0, 0.05) is 0 Å². The second kappa shape index (κ2) is 11.8. The number of halogens is 2. The molecule has 0 N–H and O–H groups in total. The van der Waals surface area contributed by atoms with E-state index in [0.29, 0.717) is 18.1 Å². The van der Waals surface area contributed by atoms with Crippen LogP contribution >= 0.6 is 0 Å². The number of rotatable bonds is 10. The highest BCUT2D eigenvalue weighted by atomic mass is 19.2. The maximum atomic E-state index is 14.5. The highest BCUT2D eigenvalue weighted by Crippen LogP contribution is 2.39. The van der Waals surface area contributed by atoms with Crippen molar-refractivity contribution in [3.8, 4) is 5.75 Å². The summed E-state index contributed by atoms with van der Waals surface area (Å²) in [6.45, 7) is 5.87. The molecule has 1 nitrogen and oxygen atoms in total. The van der Waals surface area contributed by atoms with Crippen molar-refractivity contribution in [2.45, 2.75) is 64.2 Å². The van der Waals surface area contributed by atoms with Crippen molar-refractivity contribution in [2.24, 2.45) is 5.92 Å². The molecule has 31 heavy (non-hydrogen) atoms. The van der Waals surface area contributed by atoms with Gasteiger partial charge in [-0.05, 0) is 92.9 Å². The average Bonchev–Trinajstić information content (AvgIpc) is 2.80. The van der Waals surface area contributed by atoms with Crippen molar-refractivity contribution in [3.05, 3.63) is 89.5 Å². The molecule has 3 rings (SSSR count). The molecule has 0 atom stereocenters. The van der Waals surface area contributed by atoms with Gasteiger partial charge in [-0.2, -0.15) is 4.39 Å². The molecule has 0 aliphatic heterocycles. The standard InChI is InChI=1S/C28H34F2O/c1-3-5-8-21-11-13-22(14-12-21)9-6-7-10-23-15-17-24(18-16-23)25-19-20-26(31-4-2)28(30)27(25)29/h3,7,10-14,19-20,23-24H,1,4-6,8-9,15-18H2,2H3/b10-7+. The minimum Gasteiger partial charge on any atom is -0.491 e. The van der Waals surface area contributed by atoms with E-state index in [0.717, 1.165) is 51.4 Å². The largest absolute Gasteiger partial charge is 0.491 e. The molecule has 1 aliphatic rings. The third-order valence-corrected chi connectivity index (χ3v) is 6.26. The molecular weight excluding hydrogens is 390 g/mol. The quantitative estimate of drug-likeness (QED) is 0.352. The molecule has 3 heteroatoms. The van der Waals surface area contributed by atoms with E-state index in [1.54, 1.807) is 19.1 Å².